The average molecular weight is 1170 g/mol. The highest BCUT2D eigenvalue weighted by Crippen LogP contribution is 2.42. The summed E-state index contributed by atoms with van der Waals surface area (Å²) in [5.74, 6) is -1.43. The molecule has 8 rings (SSSR count). The Kier molecular flexibility index (Phi) is 21.8. The van der Waals surface area contributed by atoms with Gasteiger partial charge in [-0.2, -0.15) is 4.98 Å². The van der Waals surface area contributed by atoms with Crippen LogP contribution in [0.2, 0.25) is 5.02 Å². The lowest BCUT2D eigenvalue weighted by molar-refractivity contribution is -0.144. The summed E-state index contributed by atoms with van der Waals surface area (Å²) >= 11 is 8.44. The van der Waals surface area contributed by atoms with E-state index in [4.69, 9.17) is 35.5 Å². The highest BCUT2D eigenvalue weighted by atomic mass is 35.5. The predicted molar refractivity (Wildman–Crippen MR) is 315 cm³/mol. The van der Waals surface area contributed by atoms with E-state index < -0.39 is 41.2 Å². The number of amides is 4. The van der Waals surface area contributed by atoms with Crippen LogP contribution in [0.4, 0.5) is 16.2 Å². The molecule has 2 aliphatic rings. The zero-order valence-electron chi connectivity index (χ0n) is 47.1. The van der Waals surface area contributed by atoms with Gasteiger partial charge in [0.1, 0.15) is 35.8 Å². The van der Waals surface area contributed by atoms with Gasteiger partial charge in [0.15, 0.2) is 5.82 Å². The second kappa shape index (κ2) is 29.1. The van der Waals surface area contributed by atoms with Crippen molar-refractivity contribution in [1.29, 1.82) is 0 Å². The van der Waals surface area contributed by atoms with Gasteiger partial charge in [-0.1, -0.05) is 80.9 Å². The second-order valence-corrected chi connectivity index (χ2v) is 22.7. The van der Waals surface area contributed by atoms with Gasteiger partial charge in [-0.15, -0.1) is 11.3 Å². The number of halogens is 2. The van der Waals surface area contributed by atoms with E-state index in [0.29, 0.717) is 69.2 Å². The molecule has 82 heavy (non-hydrogen) atoms. The number of likely N-dealkylation sites (tertiary alicyclic amines) is 1. The quantitative estimate of drug-likeness (QED) is 0.0326. The van der Waals surface area contributed by atoms with Crippen molar-refractivity contribution in [2.75, 3.05) is 122 Å². The van der Waals surface area contributed by atoms with E-state index in [-0.39, 0.29) is 98.6 Å². The van der Waals surface area contributed by atoms with Crippen LogP contribution in [0.25, 0.3) is 43.2 Å². The summed E-state index contributed by atoms with van der Waals surface area (Å²) in [6, 6.07) is 18.4. The van der Waals surface area contributed by atoms with Gasteiger partial charge in [0.2, 0.25) is 29.6 Å². The number of nitrogens with zero attached hydrogens (tertiary/aromatic N) is 6. The van der Waals surface area contributed by atoms with Gasteiger partial charge in [-0.25, -0.2) is 14.4 Å². The molecular formula is C59H74ClFN10O10S. The van der Waals surface area contributed by atoms with Crippen LogP contribution in [-0.2, 0) is 44.5 Å². The maximum atomic E-state index is 16.8. The van der Waals surface area contributed by atoms with Crippen molar-refractivity contribution in [1.82, 2.24) is 40.7 Å². The highest BCUT2D eigenvalue weighted by molar-refractivity contribution is 7.13. The number of aliphatic hydroxyl groups excluding tert-OH is 1. The fourth-order valence-electron chi connectivity index (χ4n) is 9.92. The van der Waals surface area contributed by atoms with Crippen molar-refractivity contribution in [2.45, 2.75) is 65.1 Å². The number of benzene rings is 4. The fraction of sp³-hybridized carbons (Fsp3) is 0.475. The standard InChI is InChI=1S/C59H74ClFN10O10S/c1-37-53(82-36-65-37)39-12-10-38(11-13-39)14-16-63-56(76)47-32-42(73)34-71(47)57(77)54(59(2,3)4)66-48(74)35-81-29-28-80-27-26-79-25-24-78-23-22-69(5)49(75)15-17-64-58-67-52-45(55(68-58)70-20-18-62-19-21-70)33-46(60)50(51(52)61)44-31-41(72)30-40-8-6-7-9-43(40)44/h6-13,30-31,33,36,42,47,54,62,72-73H,14-29,32,34-35H2,1-5H3,(H,63,76)(H,66,74)(H,64,67,68)/t42?,47?,54-/m1/s1. The lowest BCUT2D eigenvalue weighted by atomic mass is 9.85. The van der Waals surface area contributed by atoms with Crippen molar-refractivity contribution in [3.8, 4) is 27.3 Å². The number of rotatable bonds is 27. The van der Waals surface area contributed by atoms with Crippen molar-refractivity contribution < 1.29 is 52.7 Å². The van der Waals surface area contributed by atoms with Gasteiger partial charge in [0.25, 0.3) is 0 Å². The summed E-state index contributed by atoms with van der Waals surface area (Å²) in [6.07, 6.45) is -0.0855. The molecular weight excluding hydrogens is 1100 g/mol. The third kappa shape index (κ3) is 16.1. The van der Waals surface area contributed by atoms with E-state index in [2.05, 4.69) is 36.1 Å². The van der Waals surface area contributed by atoms with Crippen molar-refractivity contribution in [2.24, 2.45) is 5.41 Å². The number of hydrogen-bond donors (Lipinski definition) is 6. The summed E-state index contributed by atoms with van der Waals surface area (Å²) in [7, 11) is 1.69. The molecule has 3 atom stereocenters. The van der Waals surface area contributed by atoms with E-state index in [1.54, 1.807) is 35.4 Å². The lowest BCUT2D eigenvalue weighted by Gasteiger charge is -2.35. The number of aromatic nitrogens is 3. The number of ether oxygens (including phenoxy) is 4. The predicted octanol–water partition coefficient (Wildman–Crippen LogP) is 5.97. The van der Waals surface area contributed by atoms with Crippen LogP contribution in [0.3, 0.4) is 0 Å². The summed E-state index contributed by atoms with van der Waals surface area (Å²) in [4.78, 5) is 73.3. The molecule has 2 fully saturated rings. The number of piperazine rings is 1. The van der Waals surface area contributed by atoms with Crippen molar-refractivity contribution in [3.05, 3.63) is 94.3 Å². The lowest BCUT2D eigenvalue weighted by Crippen LogP contribution is -2.58. The number of fused-ring (bicyclic) bond motifs is 2. The zero-order chi connectivity index (χ0) is 58.3. The number of aliphatic hydroxyl groups is 1. The molecule has 20 nitrogen and oxygen atoms in total. The summed E-state index contributed by atoms with van der Waals surface area (Å²) < 4.78 is 39.3. The molecule has 0 bridgehead atoms. The first-order valence-electron chi connectivity index (χ1n) is 27.7. The number of likely N-dealkylation sites (N-methyl/N-ethyl adjacent to an activating group) is 1. The number of β-amino-alcohol motifs (C(OH)–C–C–N with tert-alkyl or cyclic N) is 1. The Bertz CT molecular complexity index is 3160. The van der Waals surface area contributed by atoms with E-state index in [9.17, 15) is 29.4 Å². The van der Waals surface area contributed by atoms with Crippen LogP contribution in [0, 0.1) is 18.2 Å². The Labute approximate surface area is 486 Å². The maximum absolute atomic E-state index is 16.8. The molecule has 4 heterocycles. The van der Waals surface area contributed by atoms with E-state index in [1.807, 2.05) is 81.7 Å². The SMILES string of the molecule is Cc1ncsc1-c1ccc(CCNC(=O)C2CC(O)CN2C(=O)[C@@H](NC(=O)COCCOCCOCCOCCN(C)C(=O)CCNc2nc(N3CCNCC3)c3cc(Cl)c(-c4cc(O)cc5ccccc45)c(F)c3n2)C(C)(C)C)cc1. The van der Waals surface area contributed by atoms with Crippen LogP contribution in [0.5, 0.6) is 5.75 Å². The number of hydrogen-bond acceptors (Lipinski definition) is 17. The summed E-state index contributed by atoms with van der Waals surface area (Å²) in [5.41, 5.74) is 4.84. The minimum absolute atomic E-state index is 0.0217. The van der Waals surface area contributed by atoms with Crippen molar-refractivity contribution >= 4 is 80.0 Å². The number of anilines is 2. The Balaban J connectivity index is 0.689. The Hall–Kier alpha value is -6.63. The van der Waals surface area contributed by atoms with Gasteiger partial charge in [-0.3, -0.25) is 19.2 Å². The number of aromatic hydroxyl groups is 1. The van der Waals surface area contributed by atoms with Gasteiger partial charge < -0.3 is 65.1 Å². The van der Waals surface area contributed by atoms with Gasteiger partial charge in [0.05, 0.1) is 73.5 Å². The van der Waals surface area contributed by atoms with E-state index in [1.165, 1.54) is 11.0 Å². The topological polar surface area (TPSA) is 242 Å². The molecule has 0 radical (unpaired) electrons. The molecule has 2 aromatic heterocycles. The maximum Gasteiger partial charge on any atom is 0.246 e. The number of phenols is 1. The average Bonchev–Trinajstić information content (AvgIpc) is 2.73. The van der Waals surface area contributed by atoms with Crippen LogP contribution < -0.4 is 26.2 Å². The minimum Gasteiger partial charge on any atom is -0.508 e. The molecule has 2 unspecified atom stereocenters. The molecule has 0 spiro atoms. The molecule has 2 aliphatic heterocycles. The van der Waals surface area contributed by atoms with Gasteiger partial charge >= 0.3 is 0 Å². The van der Waals surface area contributed by atoms with E-state index in [0.717, 1.165) is 45.6 Å². The number of phenolic OH excluding ortho intramolecular Hbond substituents is 1. The summed E-state index contributed by atoms with van der Waals surface area (Å²) in [5, 5.41) is 35.4. The summed E-state index contributed by atoms with van der Waals surface area (Å²) in [6.45, 7) is 12.5. The first kappa shape index (κ1) is 61.4. The number of thiazole rings is 1. The van der Waals surface area contributed by atoms with Crippen LogP contribution in [-0.4, -0.2) is 189 Å². The van der Waals surface area contributed by atoms with Gasteiger partial charge in [-0.05, 0) is 64.4 Å². The number of nitrogens with one attached hydrogen (secondary N) is 4. The largest absolute Gasteiger partial charge is 0.508 e. The molecule has 0 aliphatic carbocycles. The molecule has 4 amide bonds. The van der Waals surface area contributed by atoms with E-state index >= 15 is 4.39 Å². The van der Waals surface area contributed by atoms with Crippen LogP contribution in [0.15, 0.2) is 72.2 Å². The van der Waals surface area contributed by atoms with Crippen LogP contribution in [0.1, 0.15) is 44.9 Å². The first-order valence-corrected chi connectivity index (χ1v) is 28.9. The minimum atomic E-state index is -0.983. The Morgan fingerprint density at radius 2 is 1.61 bits per heavy atom. The van der Waals surface area contributed by atoms with Crippen LogP contribution >= 0.6 is 22.9 Å². The first-order chi connectivity index (χ1) is 39.5. The third-order valence-corrected chi connectivity index (χ3v) is 15.6. The smallest absolute Gasteiger partial charge is 0.246 e. The Morgan fingerprint density at radius 3 is 2.30 bits per heavy atom. The second-order valence-electron chi connectivity index (χ2n) is 21.4. The number of aryl methyl sites for hydroxylation is 1. The molecule has 6 aromatic rings. The normalized spacial score (nSPS) is 16.0. The number of carbonyl (C=O) groups excluding carboxylic acids is 4. The zero-order valence-corrected chi connectivity index (χ0v) is 48.7. The fourth-order valence-corrected chi connectivity index (χ4v) is 11.0. The van der Waals surface area contributed by atoms with Crippen molar-refractivity contribution in [3.63, 3.8) is 0 Å². The monoisotopic (exact) mass is 1170 g/mol. The molecule has 23 heteroatoms. The molecule has 440 valence electrons. The molecule has 0 saturated carbocycles. The highest BCUT2D eigenvalue weighted by Gasteiger charge is 2.44. The molecule has 4 aromatic carbocycles. The third-order valence-electron chi connectivity index (χ3n) is 14.3. The Morgan fingerprint density at radius 1 is 0.915 bits per heavy atom. The molecule has 6 N–H and O–H groups in total. The molecule has 2 saturated heterocycles. The van der Waals surface area contributed by atoms with Gasteiger partial charge in [0, 0.05) is 83.2 Å². The number of carbonyl (C=O) groups is 4.